The van der Waals surface area contributed by atoms with Gasteiger partial charge >= 0.3 is 0 Å². The molecule has 0 atom stereocenters. The molecule has 0 aromatic heterocycles. The Morgan fingerprint density at radius 1 is 0.848 bits per heavy atom. The van der Waals surface area contributed by atoms with Crippen molar-refractivity contribution in [2.75, 3.05) is 18.5 Å². The molecule has 0 aliphatic heterocycles. The van der Waals surface area contributed by atoms with Gasteiger partial charge < -0.3 is 14.8 Å². The van der Waals surface area contributed by atoms with E-state index in [4.69, 9.17) is 21.7 Å². The monoisotopic (exact) mass is 462 g/mol. The van der Waals surface area contributed by atoms with Gasteiger partial charge in [0, 0.05) is 5.56 Å². The Bertz CT molecular complexity index is 1020. The first-order valence-corrected chi connectivity index (χ1v) is 11.7. The number of nitrogens with one attached hydrogen (secondary N) is 2. The summed E-state index contributed by atoms with van der Waals surface area (Å²) >= 11 is 5.34. The molecular formula is C27H30N2O3S. The minimum atomic E-state index is -0.283. The minimum Gasteiger partial charge on any atom is -0.494 e. The molecular weight excluding hydrogens is 432 g/mol. The van der Waals surface area contributed by atoms with Crippen LogP contribution in [0.25, 0.3) is 0 Å². The summed E-state index contributed by atoms with van der Waals surface area (Å²) in [5.41, 5.74) is 2.51. The molecule has 0 bridgehead atoms. The summed E-state index contributed by atoms with van der Waals surface area (Å²) in [6.07, 6.45) is 3.93. The van der Waals surface area contributed by atoms with Crippen molar-refractivity contribution < 1.29 is 14.3 Å². The molecule has 0 fully saturated rings. The molecule has 3 aromatic rings. The maximum absolute atomic E-state index is 12.5. The lowest BCUT2D eigenvalue weighted by molar-refractivity contribution is 0.0977. The zero-order chi connectivity index (χ0) is 23.3. The average Bonchev–Trinajstić information content (AvgIpc) is 2.84. The number of amides is 1. The van der Waals surface area contributed by atoms with E-state index in [1.165, 1.54) is 5.56 Å². The van der Waals surface area contributed by atoms with Crippen molar-refractivity contribution in [3.63, 3.8) is 0 Å². The average molecular weight is 463 g/mol. The van der Waals surface area contributed by atoms with Gasteiger partial charge in [-0.25, -0.2) is 0 Å². The maximum atomic E-state index is 12.5. The summed E-state index contributed by atoms with van der Waals surface area (Å²) in [7, 11) is 0. The third-order valence-electron chi connectivity index (χ3n) is 4.96. The summed E-state index contributed by atoms with van der Waals surface area (Å²) in [5.74, 6) is 1.16. The second kappa shape index (κ2) is 13.2. The highest BCUT2D eigenvalue weighted by atomic mass is 32.1. The van der Waals surface area contributed by atoms with Crippen LogP contribution in [0, 0.1) is 0 Å². The van der Waals surface area contributed by atoms with Crippen LogP contribution in [-0.4, -0.2) is 24.2 Å². The number of carbonyl (C=O) groups excluding carboxylic acids is 1. The molecule has 0 aliphatic rings. The van der Waals surface area contributed by atoms with E-state index in [0.717, 1.165) is 31.4 Å². The normalized spacial score (nSPS) is 10.3. The highest BCUT2D eigenvalue weighted by molar-refractivity contribution is 7.80. The van der Waals surface area contributed by atoms with Crippen molar-refractivity contribution in [2.24, 2.45) is 0 Å². The van der Waals surface area contributed by atoms with E-state index in [1.54, 1.807) is 24.3 Å². The van der Waals surface area contributed by atoms with Crippen molar-refractivity contribution >= 4 is 28.9 Å². The van der Waals surface area contributed by atoms with Crippen LogP contribution in [0.15, 0.2) is 78.9 Å². The topological polar surface area (TPSA) is 59.6 Å². The fourth-order valence-electron chi connectivity index (χ4n) is 3.16. The summed E-state index contributed by atoms with van der Waals surface area (Å²) in [6, 6.07) is 24.9. The number of rotatable bonds is 11. The second-order valence-corrected chi connectivity index (χ2v) is 7.98. The molecule has 0 radical (unpaired) electrons. The Hall–Kier alpha value is -3.38. The second-order valence-electron chi connectivity index (χ2n) is 7.57. The zero-order valence-corrected chi connectivity index (χ0v) is 19.7. The minimum absolute atomic E-state index is 0.212. The highest BCUT2D eigenvalue weighted by Crippen LogP contribution is 2.24. The van der Waals surface area contributed by atoms with E-state index < -0.39 is 0 Å². The standard InChI is InChI=1S/C27H30N2O3S/c1-2-3-19-31-23-17-15-22(16-18-23)26(30)29-27(33)28-24-13-7-8-14-25(24)32-20-9-12-21-10-5-4-6-11-21/h4-8,10-11,13-18H,2-3,9,12,19-20H2,1H3,(H2,28,29,30,33). The molecule has 1 amide bonds. The predicted octanol–water partition coefficient (Wildman–Crippen LogP) is 6.00. The predicted molar refractivity (Wildman–Crippen MR) is 137 cm³/mol. The summed E-state index contributed by atoms with van der Waals surface area (Å²) in [4.78, 5) is 12.5. The van der Waals surface area contributed by atoms with Crippen molar-refractivity contribution in [2.45, 2.75) is 32.6 Å². The first-order valence-electron chi connectivity index (χ1n) is 11.3. The molecule has 3 rings (SSSR count). The van der Waals surface area contributed by atoms with Crippen LogP contribution < -0.4 is 20.1 Å². The van der Waals surface area contributed by atoms with Gasteiger partial charge in [-0.3, -0.25) is 10.1 Å². The van der Waals surface area contributed by atoms with E-state index in [1.807, 2.05) is 42.5 Å². The van der Waals surface area contributed by atoms with Crippen molar-refractivity contribution in [1.82, 2.24) is 5.32 Å². The maximum Gasteiger partial charge on any atom is 0.257 e. The van der Waals surface area contributed by atoms with Crippen LogP contribution in [0.2, 0.25) is 0 Å². The summed E-state index contributed by atoms with van der Waals surface area (Å²) in [5, 5.41) is 5.99. The lowest BCUT2D eigenvalue weighted by Crippen LogP contribution is -2.34. The lowest BCUT2D eigenvalue weighted by atomic mass is 10.1. The molecule has 0 heterocycles. The van der Waals surface area contributed by atoms with Crippen molar-refractivity contribution in [1.29, 1.82) is 0 Å². The Morgan fingerprint density at radius 3 is 2.30 bits per heavy atom. The van der Waals surface area contributed by atoms with Gasteiger partial charge in [-0.1, -0.05) is 55.8 Å². The van der Waals surface area contributed by atoms with Crippen molar-refractivity contribution in [3.8, 4) is 11.5 Å². The number of para-hydroxylation sites is 2. The van der Waals surface area contributed by atoms with Crippen LogP contribution >= 0.6 is 12.2 Å². The number of hydrogen-bond acceptors (Lipinski definition) is 4. The van der Waals surface area contributed by atoms with Gasteiger partial charge in [0.1, 0.15) is 11.5 Å². The SMILES string of the molecule is CCCCOc1ccc(C(=O)NC(=S)Nc2ccccc2OCCCc2ccccc2)cc1. The fourth-order valence-corrected chi connectivity index (χ4v) is 3.37. The molecule has 33 heavy (non-hydrogen) atoms. The number of aryl methyl sites for hydroxylation is 1. The molecule has 6 heteroatoms. The molecule has 0 unspecified atom stereocenters. The lowest BCUT2D eigenvalue weighted by Gasteiger charge is -2.14. The van der Waals surface area contributed by atoms with Crippen LogP contribution in [0.5, 0.6) is 11.5 Å². The van der Waals surface area contributed by atoms with Gasteiger partial charge in [0.15, 0.2) is 5.11 Å². The van der Waals surface area contributed by atoms with E-state index in [-0.39, 0.29) is 11.0 Å². The van der Waals surface area contributed by atoms with Gasteiger partial charge in [0.05, 0.1) is 18.9 Å². The van der Waals surface area contributed by atoms with Gasteiger partial charge in [-0.15, -0.1) is 0 Å². The zero-order valence-electron chi connectivity index (χ0n) is 18.9. The number of unbranched alkanes of at least 4 members (excludes halogenated alkanes) is 1. The number of carbonyl (C=O) groups is 1. The summed E-state index contributed by atoms with van der Waals surface area (Å²) in [6.45, 7) is 3.37. The van der Waals surface area contributed by atoms with Gasteiger partial charge in [0.25, 0.3) is 5.91 Å². The van der Waals surface area contributed by atoms with E-state index in [9.17, 15) is 4.79 Å². The largest absolute Gasteiger partial charge is 0.494 e. The van der Waals surface area contributed by atoms with Gasteiger partial charge in [-0.05, 0) is 73.4 Å². The third kappa shape index (κ3) is 8.24. The van der Waals surface area contributed by atoms with E-state index in [0.29, 0.717) is 30.2 Å². The van der Waals surface area contributed by atoms with Gasteiger partial charge in [-0.2, -0.15) is 0 Å². The number of thiocarbonyl (C=S) groups is 1. The number of anilines is 1. The Labute approximate surface area is 201 Å². The highest BCUT2D eigenvalue weighted by Gasteiger charge is 2.10. The first kappa shape index (κ1) is 24.3. The summed E-state index contributed by atoms with van der Waals surface area (Å²) < 4.78 is 11.6. The Morgan fingerprint density at radius 2 is 1.55 bits per heavy atom. The van der Waals surface area contributed by atoms with Crippen LogP contribution in [0.4, 0.5) is 5.69 Å². The number of hydrogen-bond donors (Lipinski definition) is 2. The van der Waals surface area contributed by atoms with E-state index >= 15 is 0 Å². The third-order valence-corrected chi connectivity index (χ3v) is 5.16. The fraction of sp³-hybridized carbons (Fsp3) is 0.259. The first-order chi connectivity index (χ1) is 16.2. The molecule has 0 spiro atoms. The molecule has 3 aromatic carbocycles. The molecule has 0 saturated heterocycles. The van der Waals surface area contributed by atoms with Crippen molar-refractivity contribution in [3.05, 3.63) is 90.0 Å². The number of benzene rings is 3. The van der Waals surface area contributed by atoms with Crippen LogP contribution in [-0.2, 0) is 6.42 Å². The quantitative estimate of drug-likeness (QED) is 0.270. The smallest absolute Gasteiger partial charge is 0.257 e. The molecule has 5 nitrogen and oxygen atoms in total. The van der Waals surface area contributed by atoms with E-state index in [2.05, 4.69) is 29.7 Å². The molecule has 2 N–H and O–H groups in total. The molecule has 0 aliphatic carbocycles. The Kier molecular flexibility index (Phi) is 9.73. The molecule has 172 valence electrons. The van der Waals surface area contributed by atoms with Gasteiger partial charge in [0.2, 0.25) is 0 Å². The van der Waals surface area contributed by atoms with Crippen LogP contribution in [0.3, 0.4) is 0 Å². The Balaban J connectivity index is 1.48. The van der Waals surface area contributed by atoms with Crippen LogP contribution in [0.1, 0.15) is 42.1 Å². The number of ether oxygens (including phenoxy) is 2. The molecule has 0 saturated carbocycles.